The van der Waals surface area contributed by atoms with Gasteiger partial charge in [0.05, 0.1) is 10.8 Å². The number of esters is 2. The van der Waals surface area contributed by atoms with Gasteiger partial charge in [-0.15, -0.1) is 0 Å². The van der Waals surface area contributed by atoms with Crippen LogP contribution in [0, 0.1) is 70.0 Å². The van der Waals surface area contributed by atoms with Crippen molar-refractivity contribution in [3.8, 4) is 0 Å². The van der Waals surface area contributed by atoms with Gasteiger partial charge in [-0.05, 0) is 84.9 Å². The van der Waals surface area contributed by atoms with Crippen LogP contribution in [0.1, 0.15) is 25.7 Å². The SMILES string of the molecule is O=C1OC(=O)C23C4C5CCC(Br)C5C5C4C4C(C6CCC(Br)C6C42)C153. The average molecular weight is 468 g/mol. The lowest BCUT2D eigenvalue weighted by molar-refractivity contribution is -0.163. The Balaban J connectivity index is 1.45. The fourth-order valence-electron chi connectivity index (χ4n) is 11.5. The molecule has 9 fully saturated rings. The van der Waals surface area contributed by atoms with Crippen molar-refractivity contribution in [3.05, 3.63) is 0 Å². The van der Waals surface area contributed by atoms with Crippen LogP contribution in [0.25, 0.3) is 0 Å². The minimum absolute atomic E-state index is 0.0912. The lowest BCUT2D eigenvalue weighted by Gasteiger charge is -2.54. The van der Waals surface area contributed by atoms with Crippen molar-refractivity contribution in [2.45, 2.75) is 35.3 Å². The van der Waals surface area contributed by atoms with Crippen LogP contribution >= 0.6 is 31.9 Å². The molecule has 0 N–H and O–H groups in total. The van der Waals surface area contributed by atoms with Crippen molar-refractivity contribution in [1.29, 1.82) is 0 Å². The second kappa shape index (κ2) is 3.68. The third kappa shape index (κ3) is 0.954. The maximum atomic E-state index is 13.4. The van der Waals surface area contributed by atoms with Crippen LogP contribution in [-0.4, -0.2) is 21.6 Å². The molecule has 8 aliphatic carbocycles. The number of cyclic esters (lactones) is 2. The third-order valence-corrected chi connectivity index (χ3v) is 13.0. The molecule has 0 aromatic heterocycles. The summed E-state index contributed by atoms with van der Waals surface area (Å²) in [5.74, 6) is 5.45. The van der Waals surface area contributed by atoms with Gasteiger partial charge in [0.25, 0.3) is 0 Å². The number of hydrogen-bond donors (Lipinski definition) is 0. The first-order valence-electron chi connectivity index (χ1n) is 10.1. The number of rotatable bonds is 0. The monoisotopic (exact) mass is 466 g/mol. The molecule has 2 spiro atoms. The highest BCUT2D eigenvalue weighted by molar-refractivity contribution is 9.09. The summed E-state index contributed by atoms with van der Waals surface area (Å²) in [7, 11) is 0. The molecule has 9 aliphatic rings. The molecular formula is C20H20Br2O3. The summed E-state index contributed by atoms with van der Waals surface area (Å²) in [5.41, 5.74) is -0.824. The van der Waals surface area contributed by atoms with Gasteiger partial charge in [0.15, 0.2) is 0 Å². The lowest BCUT2D eigenvalue weighted by atomic mass is 9.45. The summed E-state index contributed by atoms with van der Waals surface area (Å²) >= 11 is 7.93. The van der Waals surface area contributed by atoms with E-state index in [-0.39, 0.29) is 11.9 Å². The molecule has 8 bridgehead atoms. The summed E-state index contributed by atoms with van der Waals surface area (Å²) < 4.78 is 5.54. The van der Waals surface area contributed by atoms with Gasteiger partial charge in [0.2, 0.25) is 0 Å². The van der Waals surface area contributed by atoms with Gasteiger partial charge in [-0.1, -0.05) is 31.9 Å². The Morgan fingerprint density at radius 2 is 1.12 bits per heavy atom. The molecule has 0 radical (unpaired) electrons. The van der Waals surface area contributed by atoms with Crippen LogP contribution in [-0.2, 0) is 14.3 Å². The standard InChI is InChI=1S/C20H20Br2O3/c21-7-3-1-5-9(7)15-11-12-14-6-2-4-8(22)10(6)16(12)19(13(5)11)17(23)25-18(24)20(14,15)19/h5-16H,1-4H2. The van der Waals surface area contributed by atoms with Crippen molar-refractivity contribution in [3.63, 3.8) is 0 Å². The van der Waals surface area contributed by atoms with Crippen molar-refractivity contribution < 1.29 is 14.3 Å². The molecule has 9 rings (SSSR count). The highest BCUT2D eigenvalue weighted by Gasteiger charge is 3.03. The Labute approximate surface area is 163 Å². The normalized spacial score (nSPS) is 75.0. The molecule has 8 saturated carbocycles. The Bertz CT molecular complexity index is 734. The predicted octanol–water partition coefficient (Wildman–Crippen LogP) is 3.39. The van der Waals surface area contributed by atoms with Crippen LogP contribution in [0.15, 0.2) is 0 Å². The highest BCUT2D eigenvalue weighted by atomic mass is 79.9. The molecule has 5 heteroatoms. The summed E-state index contributed by atoms with van der Waals surface area (Å²) in [5, 5.41) is 0. The van der Waals surface area contributed by atoms with Crippen LogP contribution in [0.3, 0.4) is 0 Å². The Hall–Kier alpha value is 0.1000. The summed E-state index contributed by atoms with van der Waals surface area (Å²) in [6.07, 6.45) is 4.93. The van der Waals surface area contributed by atoms with Crippen molar-refractivity contribution in [2.24, 2.45) is 70.0 Å². The van der Waals surface area contributed by atoms with E-state index in [0.29, 0.717) is 68.8 Å². The van der Waals surface area contributed by atoms with E-state index in [4.69, 9.17) is 4.74 Å². The molecule has 0 aromatic rings. The van der Waals surface area contributed by atoms with Gasteiger partial charge in [-0.3, -0.25) is 9.59 Å². The summed E-state index contributed by atoms with van der Waals surface area (Å²) in [6.45, 7) is 0. The first kappa shape index (κ1) is 14.1. The predicted molar refractivity (Wildman–Crippen MR) is 94.8 cm³/mol. The first-order chi connectivity index (χ1) is 12.1. The van der Waals surface area contributed by atoms with Crippen molar-refractivity contribution in [1.82, 2.24) is 0 Å². The van der Waals surface area contributed by atoms with E-state index < -0.39 is 10.8 Å². The smallest absolute Gasteiger partial charge is 0.321 e. The molecule has 14 unspecified atom stereocenters. The van der Waals surface area contributed by atoms with Crippen molar-refractivity contribution in [2.75, 3.05) is 0 Å². The van der Waals surface area contributed by atoms with E-state index in [1.165, 1.54) is 25.7 Å². The zero-order valence-corrected chi connectivity index (χ0v) is 16.9. The molecule has 0 amide bonds. The van der Waals surface area contributed by atoms with Gasteiger partial charge < -0.3 is 4.74 Å². The molecule has 3 nitrogen and oxygen atoms in total. The second-order valence-electron chi connectivity index (χ2n) is 10.3. The Kier molecular flexibility index (Phi) is 2.08. The number of alkyl halides is 2. The van der Waals surface area contributed by atoms with Crippen LogP contribution in [0.4, 0.5) is 0 Å². The average Bonchev–Trinajstić information content (AvgIpc) is 3.35. The zero-order chi connectivity index (χ0) is 16.6. The van der Waals surface area contributed by atoms with Gasteiger partial charge in [0, 0.05) is 9.65 Å². The fourth-order valence-corrected chi connectivity index (χ4v) is 13.5. The maximum Gasteiger partial charge on any atom is 0.321 e. The maximum absolute atomic E-state index is 13.4. The third-order valence-electron chi connectivity index (χ3n) is 10.9. The molecule has 14 atom stereocenters. The molecule has 1 heterocycles. The van der Waals surface area contributed by atoms with E-state index >= 15 is 0 Å². The minimum Gasteiger partial charge on any atom is -0.392 e. The number of halogens is 2. The van der Waals surface area contributed by atoms with Gasteiger partial charge in [-0.25, -0.2) is 0 Å². The van der Waals surface area contributed by atoms with Crippen molar-refractivity contribution >= 4 is 43.8 Å². The van der Waals surface area contributed by atoms with Crippen LogP contribution in [0.5, 0.6) is 0 Å². The molecule has 1 aliphatic heterocycles. The molecule has 132 valence electrons. The van der Waals surface area contributed by atoms with Gasteiger partial charge in [0.1, 0.15) is 0 Å². The topological polar surface area (TPSA) is 43.4 Å². The van der Waals surface area contributed by atoms with E-state index in [9.17, 15) is 9.59 Å². The first-order valence-corrected chi connectivity index (χ1v) is 12.0. The van der Waals surface area contributed by atoms with E-state index in [1.807, 2.05) is 0 Å². The minimum atomic E-state index is -0.412. The Morgan fingerprint density at radius 3 is 1.56 bits per heavy atom. The van der Waals surface area contributed by atoms with E-state index in [1.54, 1.807) is 0 Å². The second-order valence-corrected chi connectivity index (χ2v) is 12.7. The Morgan fingerprint density at radius 1 is 0.680 bits per heavy atom. The highest BCUT2D eigenvalue weighted by Crippen LogP contribution is 2.99. The zero-order valence-electron chi connectivity index (χ0n) is 13.7. The van der Waals surface area contributed by atoms with Crippen LogP contribution in [0.2, 0.25) is 0 Å². The number of fused-ring (bicyclic) bond motifs is 2. The lowest BCUT2D eigenvalue weighted by Crippen LogP contribution is -2.61. The largest absolute Gasteiger partial charge is 0.392 e. The molecular weight excluding hydrogens is 448 g/mol. The molecule has 1 saturated heterocycles. The molecule has 25 heavy (non-hydrogen) atoms. The number of carbonyl (C=O) groups excluding carboxylic acids is 2. The summed E-state index contributed by atoms with van der Waals surface area (Å²) in [4.78, 5) is 27.8. The fraction of sp³-hybridized carbons (Fsp3) is 0.900. The number of carbonyl (C=O) groups is 2. The van der Waals surface area contributed by atoms with Gasteiger partial charge >= 0.3 is 11.9 Å². The quantitative estimate of drug-likeness (QED) is 0.311. The van der Waals surface area contributed by atoms with E-state index in [0.717, 1.165) is 0 Å². The number of ether oxygens (including phenoxy) is 1. The van der Waals surface area contributed by atoms with Gasteiger partial charge in [-0.2, -0.15) is 0 Å². The van der Waals surface area contributed by atoms with E-state index in [2.05, 4.69) is 31.9 Å². The molecule has 0 aromatic carbocycles. The number of hydrogen-bond acceptors (Lipinski definition) is 3. The summed E-state index contributed by atoms with van der Waals surface area (Å²) in [6, 6.07) is 0. The van der Waals surface area contributed by atoms with Crippen LogP contribution < -0.4 is 0 Å².